The van der Waals surface area contributed by atoms with Gasteiger partial charge >= 0.3 is 0 Å². The average Bonchev–Trinajstić information content (AvgIpc) is 2.44. The zero-order chi connectivity index (χ0) is 14.8. The summed E-state index contributed by atoms with van der Waals surface area (Å²) in [4.78, 5) is 0. The molecule has 1 atom stereocenters. The van der Waals surface area contributed by atoms with Crippen LogP contribution in [0.15, 0.2) is 18.2 Å². The predicted molar refractivity (Wildman–Crippen MR) is 80.5 cm³/mol. The molecule has 1 aromatic rings. The third-order valence-corrected chi connectivity index (χ3v) is 5.02. The van der Waals surface area contributed by atoms with E-state index in [1.165, 1.54) is 12.1 Å². The van der Waals surface area contributed by atoms with Crippen molar-refractivity contribution in [2.24, 2.45) is 11.7 Å². The summed E-state index contributed by atoms with van der Waals surface area (Å²) < 4.78 is 19.1. The third kappa shape index (κ3) is 3.33. The summed E-state index contributed by atoms with van der Waals surface area (Å²) in [6.07, 6.45) is 4.70. The van der Waals surface area contributed by atoms with Gasteiger partial charge < -0.3 is 10.5 Å². The number of hydrogen-bond acceptors (Lipinski definition) is 2. The first-order valence-electron chi connectivity index (χ1n) is 7.21. The monoisotopic (exact) mass is 299 g/mol. The molecule has 0 saturated heterocycles. The highest BCUT2D eigenvalue weighted by Gasteiger charge is 2.39. The van der Waals surface area contributed by atoms with E-state index in [4.69, 9.17) is 22.1 Å². The van der Waals surface area contributed by atoms with E-state index in [1.807, 2.05) is 0 Å². The molecule has 0 spiro atoms. The fraction of sp³-hybridized carbons (Fsp3) is 0.625. The molecule has 1 aromatic carbocycles. The number of rotatable bonds is 4. The van der Waals surface area contributed by atoms with Gasteiger partial charge in [-0.05, 0) is 61.8 Å². The van der Waals surface area contributed by atoms with Gasteiger partial charge in [0.2, 0.25) is 0 Å². The van der Waals surface area contributed by atoms with E-state index in [0.717, 1.165) is 37.2 Å². The second kappa shape index (κ2) is 6.42. The van der Waals surface area contributed by atoms with Crippen LogP contribution in [0.25, 0.3) is 0 Å². The molecule has 0 aliphatic heterocycles. The van der Waals surface area contributed by atoms with E-state index >= 15 is 0 Å². The van der Waals surface area contributed by atoms with Crippen molar-refractivity contribution in [2.45, 2.75) is 50.7 Å². The summed E-state index contributed by atoms with van der Waals surface area (Å²) in [5, 5.41) is 0.567. The van der Waals surface area contributed by atoms with Crippen molar-refractivity contribution >= 4 is 11.6 Å². The van der Waals surface area contributed by atoms with Crippen molar-refractivity contribution in [3.63, 3.8) is 0 Å². The van der Waals surface area contributed by atoms with Gasteiger partial charge in [-0.1, -0.05) is 18.5 Å². The Morgan fingerprint density at radius 3 is 2.70 bits per heavy atom. The van der Waals surface area contributed by atoms with Crippen molar-refractivity contribution in [2.75, 3.05) is 7.11 Å². The fourth-order valence-corrected chi connectivity index (χ4v) is 3.29. The Kier molecular flexibility index (Phi) is 5.05. The van der Waals surface area contributed by atoms with Crippen molar-refractivity contribution < 1.29 is 9.13 Å². The lowest BCUT2D eigenvalue weighted by Gasteiger charge is -2.42. The maximum Gasteiger partial charge on any atom is 0.123 e. The van der Waals surface area contributed by atoms with Gasteiger partial charge in [0.15, 0.2) is 0 Å². The molecule has 2 N–H and O–H groups in total. The van der Waals surface area contributed by atoms with Crippen molar-refractivity contribution in [1.82, 2.24) is 0 Å². The van der Waals surface area contributed by atoms with E-state index < -0.39 is 0 Å². The van der Waals surface area contributed by atoms with Crippen LogP contribution >= 0.6 is 11.6 Å². The van der Waals surface area contributed by atoms with Gasteiger partial charge in [0.25, 0.3) is 0 Å². The first kappa shape index (κ1) is 15.7. The Labute approximate surface area is 125 Å². The molecule has 0 amide bonds. The van der Waals surface area contributed by atoms with Crippen molar-refractivity contribution in [1.29, 1.82) is 0 Å². The lowest BCUT2D eigenvalue weighted by atomic mass is 9.74. The number of ether oxygens (including phenoxy) is 1. The van der Waals surface area contributed by atoms with Crippen LogP contribution in [-0.2, 0) is 11.2 Å². The molecule has 112 valence electrons. The van der Waals surface area contributed by atoms with Gasteiger partial charge in [0.1, 0.15) is 5.82 Å². The van der Waals surface area contributed by atoms with Crippen LogP contribution < -0.4 is 5.73 Å². The van der Waals surface area contributed by atoms with Crippen LogP contribution in [0.3, 0.4) is 0 Å². The molecule has 20 heavy (non-hydrogen) atoms. The highest BCUT2D eigenvalue weighted by molar-refractivity contribution is 6.31. The van der Waals surface area contributed by atoms with Crippen LogP contribution in [-0.4, -0.2) is 18.8 Å². The molecule has 0 bridgehead atoms. The molecule has 1 unspecified atom stereocenters. The molecule has 1 fully saturated rings. The zero-order valence-corrected chi connectivity index (χ0v) is 12.9. The number of halogens is 2. The fourth-order valence-electron chi connectivity index (χ4n) is 3.10. The van der Waals surface area contributed by atoms with E-state index in [1.54, 1.807) is 13.2 Å². The highest BCUT2D eigenvalue weighted by atomic mass is 35.5. The Bertz CT molecular complexity index is 458. The lowest BCUT2D eigenvalue weighted by molar-refractivity contribution is -0.0659. The van der Waals surface area contributed by atoms with Crippen LogP contribution in [0.1, 0.15) is 38.2 Å². The Morgan fingerprint density at radius 2 is 2.10 bits per heavy atom. The highest BCUT2D eigenvalue weighted by Crippen LogP contribution is 2.37. The van der Waals surface area contributed by atoms with Gasteiger partial charge in [-0.25, -0.2) is 4.39 Å². The van der Waals surface area contributed by atoms with Gasteiger partial charge in [-0.3, -0.25) is 0 Å². The lowest BCUT2D eigenvalue weighted by Crippen LogP contribution is -2.52. The van der Waals surface area contributed by atoms with E-state index in [0.29, 0.717) is 11.4 Å². The maximum atomic E-state index is 13.3. The summed E-state index contributed by atoms with van der Waals surface area (Å²) in [5.74, 6) is 0.448. The largest absolute Gasteiger partial charge is 0.377 e. The predicted octanol–water partition coefficient (Wildman–Crippen LogP) is 3.94. The molecule has 4 heteroatoms. The van der Waals surface area contributed by atoms with Crippen LogP contribution in [0, 0.1) is 11.7 Å². The minimum absolute atomic E-state index is 0.167. The van der Waals surface area contributed by atoms with Crippen LogP contribution in [0.5, 0.6) is 0 Å². The molecular weight excluding hydrogens is 277 g/mol. The minimum Gasteiger partial charge on any atom is -0.377 e. The van der Waals surface area contributed by atoms with E-state index in [2.05, 4.69) is 6.92 Å². The summed E-state index contributed by atoms with van der Waals surface area (Å²) in [6.45, 7) is 2.26. The molecule has 0 aromatic heterocycles. The Balaban J connectivity index is 2.13. The number of methoxy groups -OCH3 is 1. The number of nitrogens with two attached hydrogens (primary N) is 1. The maximum absolute atomic E-state index is 13.3. The molecule has 0 radical (unpaired) electrons. The van der Waals surface area contributed by atoms with Gasteiger partial charge in [-0.2, -0.15) is 0 Å². The second-order valence-electron chi connectivity index (χ2n) is 6.00. The summed E-state index contributed by atoms with van der Waals surface area (Å²) in [6, 6.07) is 4.25. The topological polar surface area (TPSA) is 35.2 Å². The van der Waals surface area contributed by atoms with Crippen LogP contribution in [0.2, 0.25) is 5.02 Å². The van der Waals surface area contributed by atoms with Crippen LogP contribution in [0.4, 0.5) is 4.39 Å². The minimum atomic E-state index is -0.303. The standard InChI is InChI=1S/C16H23ClFNO/c1-11-5-7-16(20-2,8-6-11)15(19)10-12-9-13(18)3-4-14(12)17/h3-4,9,11,15H,5-8,10,19H2,1-2H3. The number of hydrogen-bond donors (Lipinski definition) is 1. The number of benzene rings is 1. The quantitative estimate of drug-likeness (QED) is 0.914. The molecule has 1 aliphatic carbocycles. The first-order valence-corrected chi connectivity index (χ1v) is 7.59. The Hall–Kier alpha value is -0.640. The van der Waals surface area contributed by atoms with Crippen molar-refractivity contribution in [3.8, 4) is 0 Å². The van der Waals surface area contributed by atoms with E-state index in [-0.39, 0.29) is 17.5 Å². The SMILES string of the molecule is COC1(C(N)Cc2cc(F)ccc2Cl)CCC(C)CC1. The second-order valence-corrected chi connectivity index (χ2v) is 6.40. The van der Waals surface area contributed by atoms with Gasteiger partial charge in [0.05, 0.1) is 5.60 Å². The summed E-state index contributed by atoms with van der Waals surface area (Å²) in [7, 11) is 1.73. The molecule has 1 aliphatic rings. The van der Waals surface area contributed by atoms with Gasteiger partial charge in [-0.15, -0.1) is 0 Å². The van der Waals surface area contributed by atoms with Crippen molar-refractivity contribution in [3.05, 3.63) is 34.6 Å². The average molecular weight is 300 g/mol. The first-order chi connectivity index (χ1) is 9.47. The van der Waals surface area contributed by atoms with E-state index in [9.17, 15) is 4.39 Å². The summed E-state index contributed by atoms with van der Waals surface area (Å²) in [5.41, 5.74) is 6.84. The zero-order valence-electron chi connectivity index (χ0n) is 12.2. The molecule has 2 rings (SSSR count). The smallest absolute Gasteiger partial charge is 0.123 e. The molecule has 0 heterocycles. The molecular formula is C16H23ClFNO. The Morgan fingerprint density at radius 1 is 1.45 bits per heavy atom. The van der Waals surface area contributed by atoms with Gasteiger partial charge in [0, 0.05) is 18.2 Å². The normalized spacial score (nSPS) is 28.4. The summed E-state index contributed by atoms with van der Waals surface area (Å²) >= 11 is 6.13. The molecule has 2 nitrogen and oxygen atoms in total. The molecule has 1 saturated carbocycles. The third-order valence-electron chi connectivity index (χ3n) is 4.65.